The van der Waals surface area contributed by atoms with Gasteiger partial charge in [0.2, 0.25) is 0 Å². The second kappa shape index (κ2) is 8.82. The number of halogens is 3. The highest BCUT2D eigenvalue weighted by molar-refractivity contribution is 6.36. The molecule has 0 atom stereocenters. The number of rotatable bonds is 6. The van der Waals surface area contributed by atoms with Crippen molar-refractivity contribution in [1.29, 1.82) is 0 Å². The summed E-state index contributed by atoms with van der Waals surface area (Å²) in [5, 5.41) is 11.4. The van der Waals surface area contributed by atoms with Gasteiger partial charge in [0.05, 0.1) is 15.6 Å². The third-order valence-electron chi connectivity index (χ3n) is 3.78. The van der Waals surface area contributed by atoms with E-state index in [0.717, 1.165) is 0 Å². The lowest BCUT2D eigenvalue weighted by molar-refractivity contribution is -0.384. The second-order valence-electron chi connectivity index (χ2n) is 5.72. The van der Waals surface area contributed by atoms with Crippen molar-refractivity contribution < 1.29 is 14.1 Å². The number of non-ortho nitro benzene ring substituents is 1. The van der Waals surface area contributed by atoms with Crippen molar-refractivity contribution in [2.24, 2.45) is 4.99 Å². The van der Waals surface area contributed by atoms with E-state index in [2.05, 4.69) is 4.99 Å². The first-order valence-corrected chi connectivity index (χ1v) is 8.83. The molecule has 3 rings (SSSR count). The normalized spacial score (nSPS) is 11.0. The Labute approximate surface area is 170 Å². The van der Waals surface area contributed by atoms with Gasteiger partial charge in [-0.2, -0.15) is 0 Å². The lowest BCUT2D eigenvalue weighted by Gasteiger charge is -2.12. The molecule has 3 aromatic rings. The number of benzene rings is 3. The van der Waals surface area contributed by atoms with Crippen molar-refractivity contribution in [2.45, 2.75) is 6.61 Å². The van der Waals surface area contributed by atoms with E-state index in [1.165, 1.54) is 42.6 Å². The highest BCUT2D eigenvalue weighted by Crippen LogP contribution is 2.33. The fraction of sp³-hybridized carbons (Fsp3) is 0.0500. The number of hydrogen-bond acceptors (Lipinski definition) is 4. The largest absolute Gasteiger partial charge is 0.487 e. The molecule has 0 amide bonds. The molecule has 0 saturated carbocycles. The van der Waals surface area contributed by atoms with E-state index >= 15 is 0 Å². The number of aliphatic imine (C=N–C) groups is 1. The van der Waals surface area contributed by atoms with Crippen LogP contribution in [0.3, 0.4) is 0 Å². The van der Waals surface area contributed by atoms with Gasteiger partial charge in [0.1, 0.15) is 18.2 Å². The molecule has 0 bridgehead atoms. The molecule has 0 aromatic heterocycles. The van der Waals surface area contributed by atoms with E-state index in [9.17, 15) is 14.5 Å². The van der Waals surface area contributed by atoms with Gasteiger partial charge in [-0.3, -0.25) is 15.1 Å². The zero-order chi connectivity index (χ0) is 20.1. The van der Waals surface area contributed by atoms with Gasteiger partial charge in [0.15, 0.2) is 0 Å². The van der Waals surface area contributed by atoms with Crippen LogP contribution in [-0.4, -0.2) is 11.1 Å². The molecule has 142 valence electrons. The Hall–Kier alpha value is -2.96. The summed E-state index contributed by atoms with van der Waals surface area (Å²) in [5.74, 6) is -0.0753. The molecule has 0 saturated heterocycles. The Morgan fingerprint density at radius 1 is 1.11 bits per heavy atom. The maximum Gasteiger partial charge on any atom is 0.269 e. The minimum Gasteiger partial charge on any atom is -0.487 e. The molecule has 0 N–H and O–H groups in total. The number of nitro groups is 1. The molecule has 28 heavy (non-hydrogen) atoms. The first-order chi connectivity index (χ1) is 13.4. The molecular weight excluding hydrogens is 406 g/mol. The molecule has 0 unspecified atom stereocenters. The van der Waals surface area contributed by atoms with Crippen molar-refractivity contribution in [3.63, 3.8) is 0 Å². The zero-order valence-corrected chi connectivity index (χ0v) is 15.8. The predicted molar refractivity (Wildman–Crippen MR) is 108 cm³/mol. The third-order valence-corrected chi connectivity index (χ3v) is 4.28. The van der Waals surface area contributed by atoms with Crippen molar-refractivity contribution in [2.75, 3.05) is 0 Å². The highest BCUT2D eigenvalue weighted by atomic mass is 35.5. The second-order valence-corrected chi connectivity index (χ2v) is 6.56. The number of hydrogen-bond donors (Lipinski definition) is 0. The molecule has 0 aliphatic carbocycles. The van der Waals surface area contributed by atoms with Gasteiger partial charge in [0, 0.05) is 34.5 Å². The van der Waals surface area contributed by atoms with Crippen LogP contribution >= 0.6 is 23.2 Å². The van der Waals surface area contributed by atoms with Crippen LogP contribution < -0.4 is 4.74 Å². The fourth-order valence-corrected chi connectivity index (χ4v) is 2.96. The van der Waals surface area contributed by atoms with E-state index < -0.39 is 4.92 Å². The summed E-state index contributed by atoms with van der Waals surface area (Å²) in [5.41, 5.74) is 1.35. The maximum atomic E-state index is 13.8. The molecule has 8 heteroatoms. The summed E-state index contributed by atoms with van der Waals surface area (Å²) in [6, 6.07) is 15.1. The van der Waals surface area contributed by atoms with Crippen molar-refractivity contribution >= 4 is 40.8 Å². The van der Waals surface area contributed by atoms with Crippen LogP contribution in [-0.2, 0) is 6.61 Å². The zero-order valence-electron chi connectivity index (χ0n) is 14.3. The summed E-state index contributed by atoms with van der Waals surface area (Å²) in [6.07, 6.45) is 1.48. The van der Waals surface area contributed by atoms with Gasteiger partial charge in [0.25, 0.3) is 5.69 Å². The summed E-state index contributed by atoms with van der Waals surface area (Å²) in [7, 11) is 0. The van der Waals surface area contributed by atoms with E-state index in [1.807, 2.05) is 0 Å². The van der Waals surface area contributed by atoms with Gasteiger partial charge < -0.3 is 4.74 Å². The maximum absolute atomic E-state index is 13.8. The molecule has 0 aliphatic rings. The molecule has 0 heterocycles. The first kappa shape index (κ1) is 19.8. The third kappa shape index (κ3) is 4.85. The van der Waals surface area contributed by atoms with Gasteiger partial charge in [-0.05, 0) is 30.3 Å². The average Bonchev–Trinajstić information content (AvgIpc) is 2.67. The van der Waals surface area contributed by atoms with Gasteiger partial charge in [-0.25, -0.2) is 4.39 Å². The van der Waals surface area contributed by atoms with E-state index in [-0.39, 0.29) is 23.1 Å². The minimum absolute atomic E-state index is 0.0214. The molecule has 5 nitrogen and oxygen atoms in total. The SMILES string of the molecule is O=[N+]([O-])c1ccc(N=Cc2cc(Cl)cc(Cl)c2OCc2ccccc2F)cc1. The average molecular weight is 419 g/mol. The van der Waals surface area contributed by atoms with Crippen LogP contribution in [0.25, 0.3) is 0 Å². The summed E-state index contributed by atoms with van der Waals surface area (Å²) < 4.78 is 19.5. The standard InChI is InChI=1S/C20H13Cl2FN2O3/c21-15-9-14(11-24-16-5-7-17(8-6-16)25(26)27)20(18(22)10-15)28-12-13-3-1-2-4-19(13)23/h1-11H,12H2. The van der Waals surface area contributed by atoms with Crippen LogP contribution in [0.4, 0.5) is 15.8 Å². The number of nitrogens with zero attached hydrogens (tertiary/aromatic N) is 2. The molecule has 0 aliphatic heterocycles. The number of ether oxygens (including phenoxy) is 1. The topological polar surface area (TPSA) is 64.7 Å². The quantitative estimate of drug-likeness (QED) is 0.265. The minimum atomic E-state index is -0.487. The summed E-state index contributed by atoms with van der Waals surface area (Å²) >= 11 is 12.3. The van der Waals surface area contributed by atoms with Crippen molar-refractivity contribution in [3.8, 4) is 5.75 Å². The highest BCUT2D eigenvalue weighted by Gasteiger charge is 2.11. The Bertz CT molecular complexity index is 1040. The van der Waals surface area contributed by atoms with Gasteiger partial charge >= 0.3 is 0 Å². The Morgan fingerprint density at radius 2 is 1.82 bits per heavy atom. The lowest BCUT2D eigenvalue weighted by atomic mass is 10.2. The molecule has 3 aromatic carbocycles. The van der Waals surface area contributed by atoms with Crippen LogP contribution in [0.1, 0.15) is 11.1 Å². The molecule has 0 spiro atoms. The van der Waals surface area contributed by atoms with E-state index in [4.69, 9.17) is 27.9 Å². The molecular formula is C20H13Cl2FN2O3. The van der Waals surface area contributed by atoms with E-state index in [0.29, 0.717) is 27.6 Å². The molecule has 0 radical (unpaired) electrons. The van der Waals surface area contributed by atoms with Gasteiger partial charge in [-0.1, -0.05) is 41.4 Å². The van der Waals surface area contributed by atoms with E-state index in [1.54, 1.807) is 24.3 Å². The Morgan fingerprint density at radius 3 is 2.50 bits per heavy atom. The van der Waals surface area contributed by atoms with Crippen LogP contribution in [0.5, 0.6) is 5.75 Å². The predicted octanol–water partition coefficient (Wildman–Crippen LogP) is 6.37. The van der Waals surface area contributed by atoms with Crippen molar-refractivity contribution in [3.05, 3.63) is 97.8 Å². The van der Waals surface area contributed by atoms with Crippen LogP contribution in [0.2, 0.25) is 10.0 Å². The van der Waals surface area contributed by atoms with Crippen LogP contribution in [0, 0.1) is 15.9 Å². The van der Waals surface area contributed by atoms with Gasteiger partial charge in [-0.15, -0.1) is 0 Å². The van der Waals surface area contributed by atoms with Crippen molar-refractivity contribution in [1.82, 2.24) is 0 Å². The summed E-state index contributed by atoms with van der Waals surface area (Å²) in [6.45, 7) is -0.0214. The van der Waals surface area contributed by atoms with Crippen LogP contribution in [0.15, 0.2) is 65.7 Å². The number of nitro benzene ring substituents is 1. The monoisotopic (exact) mass is 418 g/mol. The Kier molecular flexibility index (Phi) is 6.23. The first-order valence-electron chi connectivity index (χ1n) is 8.08. The fourth-order valence-electron chi connectivity index (χ4n) is 2.40. The smallest absolute Gasteiger partial charge is 0.269 e. The Balaban J connectivity index is 1.85. The summed E-state index contributed by atoms with van der Waals surface area (Å²) in [4.78, 5) is 14.5. The lowest BCUT2D eigenvalue weighted by Crippen LogP contribution is -2.01. The molecule has 0 fully saturated rings.